The van der Waals surface area contributed by atoms with Crippen LogP contribution < -0.4 is 0 Å². The van der Waals surface area contributed by atoms with Gasteiger partial charge in [-0.25, -0.2) is 4.79 Å². The summed E-state index contributed by atoms with van der Waals surface area (Å²) in [6, 6.07) is 0. The van der Waals surface area contributed by atoms with Gasteiger partial charge in [0.1, 0.15) is 6.79 Å². The summed E-state index contributed by atoms with van der Waals surface area (Å²) >= 11 is 0. The molecule has 0 saturated carbocycles. The quantitative estimate of drug-likeness (QED) is 0.371. The molecule has 0 fully saturated rings. The van der Waals surface area contributed by atoms with Gasteiger partial charge in [0.15, 0.2) is 0 Å². The topological polar surface area (TPSA) is 55.8 Å². The van der Waals surface area contributed by atoms with Crippen LogP contribution in [-0.4, -0.2) is 31.6 Å². The zero-order valence-corrected chi connectivity index (χ0v) is 7.37. The van der Waals surface area contributed by atoms with Gasteiger partial charge in [-0.05, 0) is 13.3 Å². The minimum atomic E-state index is -0.887. The van der Waals surface area contributed by atoms with E-state index in [2.05, 4.69) is 4.74 Å². The molecule has 0 spiro atoms. The van der Waals surface area contributed by atoms with Crippen LogP contribution in [0.4, 0.5) is 0 Å². The van der Waals surface area contributed by atoms with Gasteiger partial charge >= 0.3 is 5.97 Å². The summed E-state index contributed by atoms with van der Waals surface area (Å²) in [4.78, 5) is 10.3. The van der Waals surface area contributed by atoms with E-state index in [1.165, 1.54) is 0 Å². The van der Waals surface area contributed by atoms with Crippen molar-refractivity contribution in [3.63, 3.8) is 0 Å². The number of carboxylic acids is 1. The van der Waals surface area contributed by atoms with Crippen molar-refractivity contribution in [3.05, 3.63) is 11.6 Å². The Bertz CT molecular complexity index is 162. The van der Waals surface area contributed by atoms with Crippen LogP contribution in [0.3, 0.4) is 0 Å². The maximum Gasteiger partial charge on any atom is 0.330 e. The van der Waals surface area contributed by atoms with Crippen LogP contribution in [0.5, 0.6) is 0 Å². The highest BCUT2D eigenvalue weighted by atomic mass is 16.7. The Morgan fingerprint density at radius 3 is 2.75 bits per heavy atom. The van der Waals surface area contributed by atoms with Crippen LogP contribution in [-0.2, 0) is 14.3 Å². The first-order valence-electron chi connectivity index (χ1n) is 3.65. The van der Waals surface area contributed by atoms with E-state index in [0.717, 1.165) is 0 Å². The first-order chi connectivity index (χ1) is 5.68. The fourth-order valence-corrected chi connectivity index (χ4v) is 0.588. The third-order valence-corrected chi connectivity index (χ3v) is 1.25. The fraction of sp³-hybridized carbons (Fsp3) is 0.625. The molecule has 0 atom stereocenters. The van der Waals surface area contributed by atoms with Crippen molar-refractivity contribution in [1.29, 1.82) is 0 Å². The van der Waals surface area contributed by atoms with Gasteiger partial charge in [-0.3, -0.25) is 0 Å². The molecule has 0 bridgehead atoms. The molecular formula is C8H14O4. The normalized spacial score (nSPS) is 11.7. The van der Waals surface area contributed by atoms with E-state index >= 15 is 0 Å². The molecule has 0 aromatic heterocycles. The Kier molecular flexibility index (Phi) is 6.32. The molecule has 0 aliphatic heterocycles. The Morgan fingerprint density at radius 2 is 2.25 bits per heavy atom. The maximum atomic E-state index is 10.3. The molecule has 0 aliphatic carbocycles. The average Bonchev–Trinajstić information content (AvgIpc) is 2.03. The number of hydrogen-bond donors (Lipinski definition) is 1. The van der Waals surface area contributed by atoms with E-state index in [-0.39, 0.29) is 6.79 Å². The van der Waals surface area contributed by atoms with Crippen molar-refractivity contribution in [2.45, 2.75) is 13.3 Å². The molecule has 0 rings (SSSR count). The molecule has 0 saturated heterocycles. The standard InChI is InChI=1S/C8H14O4/c1-7(8(9)10)4-3-5-12-6-11-2/h4H,3,5-6H2,1-2H3,(H,9,10). The zero-order chi connectivity index (χ0) is 9.40. The van der Waals surface area contributed by atoms with Crippen LogP contribution in [0, 0.1) is 0 Å². The van der Waals surface area contributed by atoms with Gasteiger partial charge in [-0.2, -0.15) is 0 Å². The Hall–Kier alpha value is -0.870. The molecule has 0 aromatic carbocycles. The molecule has 0 radical (unpaired) electrons. The number of methoxy groups -OCH3 is 1. The van der Waals surface area contributed by atoms with Crippen molar-refractivity contribution in [2.75, 3.05) is 20.5 Å². The first-order valence-corrected chi connectivity index (χ1v) is 3.65. The summed E-state index contributed by atoms with van der Waals surface area (Å²) in [7, 11) is 1.54. The van der Waals surface area contributed by atoms with Crippen LogP contribution in [0.1, 0.15) is 13.3 Å². The van der Waals surface area contributed by atoms with Gasteiger partial charge in [0, 0.05) is 12.7 Å². The average molecular weight is 174 g/mol. The van der Waals surface area contributed by atoms with Crippen molar-refractivity contribution in [2.24, 2.45) is 0 Å². The lowest BCUT2D eigenvalue weighted by Gasteiger charge is -1.99. The van der Waals surface area contributed by atoms with Crippen molar-refractivity contribution in [1.82, 2.24) is 0 Å². The number of carbonyl (C=O) groups is 1. The number of ether oxygens (including phenoxy) is 2. The summed E-state index contributed by atoms with van der Waals surface area (Å²) in [5.74, 6) is -0.887. The van der Waals surface area contributed by atoms with Crippen LogP contribution in [0.15, 0.2) is 11.6 Å². The Balaban J connectivity index is 3.40. The molecule has 4 heteroatoms. The molecule has 0 heterocycles. The maximum absolute atomic E-state index is 10.3. The van der Waals surface area contributed by atoms with Crippen LogP contribution in [0.25, 0.3) is 0 Å². The van der Waals surface area contributed by atoms with Gasteiger partial charge < -0.3 is 14.6 Å². The Labute approximate surface area is 71.8 Å². The largest absolute Gasteiger partial charge is 0.478 e. The summed E-state index contributed by atoms with van der Waals surface area (Å²) < 4.78 is 9.59. The number of hydrogen-bond acceptors (Lipinski definition) is 3. The second-order valence-corrected chi connectivity index (χ2v) is 2.30. The minimum Gasteiger partial charge on any atom is -0.478 e. The second kappa shape index (κ2) is 6.82. The molecule has 1 N–H and O–H groups in total. The predicted octanol–water partition coefficient (Wildman–Crippen LogP) is 1.03. The molecule has 4 nitrogen and oxygen atoms in total. The van der Waals surface area contributed by atoms with E-state index in [1.54, 1.807) is 20.1 Å². The summed E-state index contributed by atoms with van der Waals surface area (Å²) in [5, 5.41) is 8.45. The molecule has 0 amide bonds. The van der Waals surface area contributed by atoms with Crippen molar-refractivity contribution >= 4 is 5.97 Å². The van der Waals surface area contributed by atoms with Gasteiger partial charge in [-0.15, -0.1) is 0 Å². The SMILES string of the molecule is COCOCCC=C(C)C(=O)O. The first kappa shape index (κ1) is 11.1. The molecule has 0 aromatic rings. The molecule has 0 aliphatic rings. The van der Waals surface area contributed by atoms with E-state index in [4.69, 9.17) is 9.84 Å². The molecule has 12 heavy (non-hydrogen) atoms. The molecular weight excluding hydrogens is 160 g/mol. The third kappa shape index (κ3) is 5.88. The zero-order valence-electron chi connectivity index (χ0n) is 7.37. The predicted molar refractivity (Wildman–Crippen MR) is 43.8 cm³/mol. The highest BCUT2D eigenvalue weighted by Gasteiger charge is 1.97. The second-order valence-electron chi connectivity index (χ2n) is 2.30. The van der Waals surface area contributed by atoms with E-state index < -0.39 is 5.97 Å². The van der Waals surface area contributed by atoms with E-state index in [0.29, 0.717) is 18.6 Å². The third-order valence-electron chi connectivity index (χ3n) is 1.25. The Morgan fingerprint density at radius 1 is 1.58 bits per heavy atom. The summed E-state index contributed by atoms with van der Waals surface area (Å²) in [6.45, 7) is 2.29. The van der Waals surface area contributed by atoms with Gasteiger partial charge in [0.05, 0.1) is 6.61 Å². The van der Waals surface area contributed by atoms with Crippen LogP contribution >= 0.6 is 0 Å². The lowest BCUT2D eigenvalue weighted by Crippen LogP contribution is -1.99. The van der Waals surface area contributed by atoms with Crippen molar-refractivity contribution in [3.8, 4) is 0 Å². The van der Waals surface area contributed by atoms with Gasteiger partial charge in [0.25, 0.3) is 0 Å². The van der Waals surface area contributed by atoms with Gasteiger partial charge in [-0.1, -0.05) is 6.08 Å². The van der Waals surface area contributed by atoms with Gasteiger partial charge in [0.2, 0.25) is 0 Å². The van der Waals surface area contributed by atoms with E-state index in [1.807, 2.05) is 0 Å². The lowest BCUT2D eigenvalue weighted by molar-refractivity contribution is -0.132. The summed E-state index contributed by atoms with van der Waals surface area (Å²) in [5.41, 5.74) is 0.344. The fourth-order valence-electron chi connectivity index (χ4n) is 0.588. The lowest BCUT2D eigenvalue weighted by atomic mass is 10.2. The number of rotatable bonds is 6. The highest BCUT2D eigenvalue weighted by Crippen LogP contribution is 1.95. The van der Waals surface area contributed by atoms with Crippen molar-refractivity contribution < 1.29 is 19.4 Å². The number of aliphatic carboxylic acids is 1. The molecule has 70 valence electrons. The highest BCUT2D eigenvalue weighted by molar-refractivity contribution is 5.85. The van der Waals surface area contributed by atoms with E-state index in [9.17, 15) is 4.79 Å². The number of carboxylic acid groups (broad SMARTS) is 1. The smallest absolute Gasteiger partial charge is 0.330 e. The minimum absolute atomic E-state index is 0.250. The molecule has 0 unspecified atom stereocenters. The monoisotopic (exact) mass is 174 g/mol. The van der Waals surface area contributed by atoms with Crippen LogP contribution in [0.2, 0.25) is 0 Å². The summed E-state index contributed by atoms with van der Waals surface area (Å²) in [6.07, 6.45) is 2.22.